The number of hydrogen-bond acceptors (Lipinski definition) is 4. The molecule has 0 fully saturated rings. The molecule has 0 atom stereocenters. The van der Waals surface area contributed by atoms with Gasteiger partial charge >= 0.3 is 0 Å². The lowest BCUT2D eigenvalue weighted by molar-refractivity contribution is 0.430. The van der Waals surface area contributed by atoms with E-state index in [1.165, 1.54) is 0 Å². The Kier molecular flexibility index (Phi) is 3.06. The number of imidazole rings is 1. The van der Waals surface area contributed by atoms with Crippen LogP contribution >= 0.6 is 23.6 Å². The van der Waals surface area contributed by atoms with Crippen molar-refractivity contribution in [2.45, 2.75) is 39.8 Å². The van der Waals surface area contributed by atoms with Crippen LogP contribution in [-0.4, -0.2) is 24.3 Å². The third kappa shape index (κ3) is 1.76. The number of nitrogens with one attached hydrogen (secondary N) is 1. The number of nitrogens with zero attached hydrogens (tertiary/aromatic N) is 4. The Hall–Kier alpha value is -1.47. The maximum absolute atomic E-state index is 5.54. The maximum atomic E-state index is 5.54. The molecule has 0 spiro atoms. The van der Waals surface area contributed by atoms with Crippen LogP contribution in [0.1, 0.15) is 31.5 Å². The molecule has 5 nitrogen and oxygen atoms in total. The minimum absolute atomic E-state index is 0.303. The highest BCUT2D eigenvalue weighted by molar-refractivity contribution is 7.71. The lowest BCUT2D eigenvalue weighted by Crippen LogP contribution is -2.28. The fraction of sp³-hybridized carbons (Fsp3) is 0.462. The molecular weight excluding hydrogens is 290 g/mol. The molecular formula is C13H17N5S2. The first-order valence-corrected chi connectivity index (χ1v) is 7.84. The summed E-state index contributed by atoms with van der Waals surface area (Å²) in [4.78, 5) is 7.75. The van der Waals surface area contributed by atoms with Crippen LogP contribution in [0.5, 0.6) is 0 Å². The van der Waals surface area contributed by atoms with E-state index in [1.807, 2.05) is 23.2 Å². The second kappa shape index (κ2) is 4.53. The predicted octanol–water partition coefficient (Wildman–Crippen LogP) is 3.46. The first-order valence-electron chi connectivity index (χ1n) is 6.55. The summed E-state index contributed by atoms with van der Waals surface area (Å²) in [6, 6.07) is 0. The second-order valence-corrected chi connectivity index (χ2v) is 6.54. The van der Waals surface area contributed by atoms with E-state index < -0.39 is 0 Å². The van der Waals surface area contributed by atoms with Gasteiger partial charge in [0, 0.05) is 18.1 Å². The van der Waals surface area contributed by atoms with Crippen LogP contribution in [0.3, 0.4) is 0 Å². The largest absolute Gasteiger partial charge is 0.328 e. The molecule has 3 aromatic heterocycles. The van der Waals surface area contributed by atoms with Crippen LogP contribution in [0.2, 0.25) is 0 Å². The third-order valence-electron chi connectivity index (χ3n) is 3.56. The Bertz CT molecular complexity index is 804. The van der Waals surface area contributed by atoms with Crippen LogP contribution in [-0.2, 0) is 12.1 Å². The van der Waals surface area contributed by atoms with E-state index in [1.54, 1.807) is 11.3 Å². The molecule has 3 aromatic rings. The van der Waals surface area contributed by atoms with Gasteiger partial charge in [0.15, 0.2) is 10.4 Å². The molecule has 0 amide bonds. The summed E-state index contributed by atoms with van der Waals surface area (Å²) in [5.41, 5.74) is 2.72. The Morgan fingerprint density at radius 1 is 1.45 bits per heavy atom. The number of thiazole rings is 1. The quantitative estimate of drug-likeness (QED) is 0.754. The molecule has 0 aromatic carbocycles. The zero-order valence-electron chi connectivity index (χ0n) is 12.0. The van der Waals surface area contributed by atoms with Gasteiger partial charge < -0.3 is 4.98 Å². The summed E-state index contributed by atoms with van der Waals surface area (Å²) in [6.07, 6.45) is 1.83. The van der Waals surface area contributed by atoms with Gasteiger partial charge in [-0.25, -0.2) is 9.67 Å². The monoisotopic (exact) mass is 307 g/mol. The molecule has 0 saturated carbocycles. The standard InChI is InChI=1S/C13H17N5S2/c1-5-17-10-9(8(2)16-17)15-12(19)18(10)13(3,4)11-14-6-7-20-11/h6-7H,5H2,1-4H3,(H,15,19). The van der Waals surface area contributed by atoms with Gasteiger partial charge in [0.1, 0.15) is 10.5 Å². The van der Waals surface area contributed by atoms with Crippen molar-refractivity contribution in [3.05, 3.63) is 27.0 Å². The van der Waals surface area contributed by atoms with E-state index in [0.717, 1.165) is 28.4 Å². The summed E-state index contributed by atoms with van der Waals surface area (Å²) < 4.78 is 4.83. The predicted molar refractivity (Wildman–Crippen MR) is 83.9 cm³/mol. The van der Waals surface area contributed by atoms with Crippen LogP contribution in [0.25, 0.3) is 11.2 Å². The smallest absolute Gasteiger partial charge is 0.180 e. The molecule has 3 heterocycles. The van der Waals surface area contributed by atoms with Crippen molar-refractivity contribution in [1.29, 1.82) is 0 Å². The van der Waals surface area contributed by atoms with Crippen LogP contribution < -0.4 is 0 Å². The SMILES string of the molecule is CCn1nc(C)c2[nH]c(=S)n(C(C)(C)c3nccs3)c21. The summed E-state index contributed by atoms with van der Waals surface area (Å²) in [5.74, 6) is 0. The first kappa shape index (κ1) is 13.5. The number of aromatic amines is 1. The van der Waals surface area contributed by atoms with Crippen molar-refractivity contribution >= 4 is 34.7 Å². The highest BCUT2D eigenvalue weighted by atomic mass is 32.1. The molecule has 106 valence electrons. The molecule has 3 rings (SSSR count). The Labute approximate surface area is 126 Å². The molecule has 0 saturated heterocycles. The van der Waals surface area contributed by atoms with Crippen molar-refractivity contribution in [3.63, 3.8) is 0 Å². The Morgan fingerprint density at radius 3 is 2.80 bits per heavy atom. The van der Waals surface area contributed by atoms with E-state index in [4.69, 9.17) is 12.2 Å². The summed E-state index contributed by atoms with van der Waals surface area (Å²) in [5, 5.41) is 7.60. The van der Waals surface area contributed by atoms with Gasteiger partial charge in [0.25, 0.3) is 0 Å². The Balaban J connectivity index is 2.36. The van der Waals surface area contributed by atoms with Gasteiger partial charge in [-0.1, -0.05) is 0 Å². The van der Waals surface area contributed by atoms with Crippen molar-refractivity contribution in [2.24, 2.45) is 0 Å². The highest BCUT2D eigenvalue weighted by Crippen LogP contribution is 2.32. The van der Waals surface area contributed by atoms with Crippen molar-refractivity contribution in [3.8, 4) is 0 Å². The van der Waals surface area contributed by atoms with Crippen LogP contribution in [0.4, 0.5) is 0 Å². The molecule has 0 aliphatic carbocycles. The van der Waals surface area contributed by atoms with Crippen LogP contribution in [0.15, 0.2) is 11.6 Å². The average molecular weight is 307 g/mol. The number of hydrogen-bond donors (Lipinski definition) is 1. The van der Waals surface area contributed by atoms with Gasteiger partial charge in [-0.15, -0.1) is 11.3 Å². The Morgan fingerprint density at radius 2 is 2.20 bits per heavy atom. The molecule has 0 radical (unpaired) electrons. The first-order chi connectivity index (χ1) is 9.46. The van der Waals surface area contributed by atoms with E-state index in [0.29, 0.717) is 4.77 Å². The number of H-pyrrole nitrogens is 1. The minimum Gasteiger partial charge on any atom is -0.328 e. The fourth-order valence-electron chi connectivity index (χ4n) is 2.56. The summed E-state index contributed by atoms with van der Waals surface area (Å²) in [6.45, 7) is 9.17. The molecule has 0 bridgehead atoms. The number of rotatable bonds is 3. The zero-order valence-corrected chi connectivity index (χ0v) is 13.6. The second-order valence-electron chi connectivity index (χ2n) is 5.26. The van der Waals surface area contributed by atoms with E-state index >= 15 is 0 Å². The van der Waals surface area contributed by atoms with Crippen molar-refractivity contribution in [2.75, 3.05) is 0 Å². The van der Waals surface area contributed by atoms with E-state index in [2.05, 4.69) is 40.4 Å². The molecule has 0 unspecified atom stereocenters. The lowest BCUT2D eigenvalue weighted by atomic mass is 10.1. The number of aryl methyl sites for hydroxylation is 2. The topological polar surface area (TPSA) is 51.4 Å². The van der Waals surface area contributed by atoms with Gasteiger partial charge in [0.05, 0.1) is 11.2 Å². The van der Waals surface area contributed by atoms with Crippen molar-refractivity contribution < 1.29 is 0 Å². The zero-order chi connectivity index (χ0) is 14.5. The molecule has 0 aliphatic heterocycles. The number of aromatic nitrogens is 5. The normalized spacial score (nSPS) is 12.4. The molecule has 0 aliphatic rings. The lowest BCUT2D eigenvalue weighted by Gasteiger charge is -2.25. The highest BCUT2D eigenvalue weighted by Gasteiger charge is 2.30. The van der Waals surface area contributed by atoms with Gasteiger partial charge in [-0.3, -0.25) is 4.57 Å². The maximum Gasteiger partial charge on any atom is 0.180 e. The fourth-order valence-corrected chi connectivity index (χ4v) is 3.73. The van der Waals surface area contributed by atoms with Gasteiger partial charge in [-0.2, -0.15) is 5.10 Å². The summed E-state index contributed by atoms with van der Waals surface area (Å²) >= 11 is 7.18. The molecule has 7 heteroatoms. The summed E-state index contributed by atoms with van der Waals surface area (Å²) in [7, 11) is 0. The molecule has 1 N–H and O–H groups in total. The average Bonchev–Trinajstić information content (AvgIpc) is 3.07. The van der Waals surface area contributed by atoms with Crippen LogP contribution in [0, 0.1) is 11.7 Å². The third-order valence-corrected chi connectivity index (χ3v) is 4.93. The van der Waals surface area contributed by atoms with Crippen molar-refractivity contribution in [1.82, 2.24) is 24.3 Å². The van der Waals surface area contributed by atoms with Gasteiger partial charge in [-0.05, 0) is 39.9 Å². The number of fused-ring (bicyclic) bond motifs is 1. The minimum atomic E-state index is -0.303. The van der Waals surface area contributed by atoms with Gasteiger partial charge in [0.2, 0.25) is 0 Å². The van der Waals surface area contributed by atoms with E-state index in [9.17, 15) is 0 Å². The molecule has 20 heavy (non-hydrogen) atoms. The van der Waals surface area contributed by atoms with E-state index in [-0.39, 0.29) is 5.54 Å².